The van der Waals surface area contributed by atoms with Gasteiger partial charge in [0, 0.05) is 50.2 Å². The van der Waals surface area contributed by atoms with Crippen molar-refractivity contribution in [2.45, 2.75) is 44.8 Å². The van der Waals surface area contributed by atoms with Gasteiger partial charge in [-0.05, 0) is 55.4 Å². The van der Waals surface area contributed by atoms with Crippen molar-refractivity contribution in [2.24, 2.45) is 0 Å². The molecule has 1 saturated carbocycles. The van der Waals surface area contributed by atoms with Crippen LogP contribution in [-0.2, 0) is 6.67 Å². The number of methoxy groups -OCH3 is 1. The Morgan fingerprint density at radius 1 is 0.970 bits per heavy atom. The minimum Gasteiger partial charge on any atom is -0.497 e. The number of nitrogens with zero attached hydrogens (tertiary/aromatic N) is 7. The molecule has 1 aliphatic carbocycles. The zero-order valence-corrected chi connectivity index (χ0v) is 20.0. The molecule has 0 N–H and O–H groups in total. The zero-order chi connectivity index (χ0) is 22.6. The fraction of sp³-hybridized carbons (Fsp3) is 0.500. The van der Waals surface area contributed by atoms with E-state index in [0.717, 1.165) is 54.0 Å². The van der Waals surface area contributed by atoms with E-state index in [2.05, 4.69) is 36.5 Å². The average molecular weight is 466 g/mol. The Labute approximate surface area is 199 Å². The summed E-state index contributed by atoms with van der Waals surface area (Å²) in [4.78, 5) is 13.4. The van der Waals surface area contributed by atoms with Crippen LogP contribution in [0, 0.1) is 4.77 Å². The van der Waals surface area contributed by atoms with Crippen LogP contribution in [-0.4, -0.2) is 62.5 Å². The van der Waals surface area contributed by atoms with Gasteiger partial charge in [-0.15, -0.1) is 0 Å². The fourth-order valence-electron chi connectivity index (χ4n) is 4.85. The highest BCUT2D eigenvalue weighted by atomic mass is 32.1. The van der Waals surface area contributed by atoms with Gasteiger partial charge in [-0.3, -0.25) is 9.47 Å². The number of ether oxygens (including phenoxy) is 1. The summed E-state index contributed by atoms with van der Waals surface area (Å²) in [6, 6.07) is 10.4. The molecule has 1 aromatic carbocycles. The molecule has 1 aliphatic heterocycles. The minimum absolute atomic E-state index is 0.421. The molecule has 0 spiro atoms. The molecule has 2 aliphatic rings. The normalized spacial score (nSPS) is 17.9. The summed E-state index contributed by atoms with van der Waals surface area (Å²) >= 11 is 5.99. The van der Waals surface area contributed by atoms with E-state index >= 15 is 0 Å². The number of benzene rings is 1. The van der Waals surface area contributed by atoms with Gasteiger partial charge in [-0.25, -0.2) is 14.6 Å². The molecule has 1 saturated heterocycles. The molecule has 5 rings (SSSR count). The van der Waals surface area contributed by atoms with Crippen LogP contribution in [0.1, 0.15) is 38.1 Å². The first kappa shape index (κ1) is 22.0. The monoisotopic (exact) mass is 465 g/mol. The van der Waals surface area contributed by atoms with Crippen molar-refractivity contribution in [3.05, 3.63) is 47.5 Å². The Bertz CT molecular complexity index is 1100. The number of hydrogen-bond donors (Lipinski definition) is 0. The van der Waals surface area contributed by atoms with Crippen LogP contribution in [0.3, 0.4) is 0 Å². The maximum atomic E-state index is 5.99. The summed E-state index contributed by atoms with van der Waals surface area (Å²) in [6.07, 6.45) is 9.74. The predicted octanol–water partition coefficient (Wildman–Crippen LogP) is 4.16. The van der Waals surface area contributed by atoms with Gasteiger partial charge in [0.25, 0.3) is 0 Å². The second kappa shape index (κ2) is 10.0. The second-order valence-corrected chi connectivity index (χ2v) is 9.16. The Hall–Kier alpha value is -2.78. The van der Waals surface area contributed by atoms with Crippen LogP contribution in [0.25, 0.3) is 11.4 Å². The van der Waals surface area contributed by atoms with Gasteiger partial charge >= 0.3 is 0 Å². The molecule has 0 bridgehead atoms. The lowest BCUT2D eigenvalue weighted by Crippen LogP contribution is -2.47. The van der Waals surface area contributed by atoms with Crippen molar-refractivity contribution in [2.75, 3.05) is 38.2 Å². The van der Waals surface area contributed by atoms with Crippen molar-refractivity contribution in [1.29, 1.82) is 0 Å². The molecular formula is C24H31N7OS. The molecule has 174 valence electrons. The molecule has 2 aromatic heterocycles. The zero-order valence-electron chi connectivity index (χ0n) is 19.1. The van der Waals surface area contributed by atoms with E-state index in [1.54, 1.807) is 19.5 Å². The van der Waals surface area contributed by atoms with Crippen LogP contribution in [0.2, 0.25) is 0 Å². The smallest absolute Gasteiger partial charge is 0.225 e. The first-order chi connectivity index (χ1) is 16.2. The van der Waals surface area contributed by atoms with E-state index in [1.165, 1.54) is 32.1 Å². The van der Waals surface area contributed by atoms with Crippen LogP contribution in [0.4, 0.5) is 5.95 Å². The van der Waals surface area contributed by atoms with Crippen molar-refractivity contribution in [1.82, 2.24) is 29.2 Å². The number of aromatic nitrogens is 5. The molecule has 0 radical (unpaired) electrons. The van der Waals surface area contributed by atoms with Crippen molar-refractivity contribution >= 4 is 18.2 Å². The largest absolute Gasteiger partial charge is 0.497 e. The van der Waals surface area contributed by atoms with E-state index in [1.807, 2.05) is 22.9 Å². The predicted molar refractivity (Wildman–Crippen MR) is 131 cm³/mol. The van der Waals surface area contributed by atoms with E-state index < -0.39 is 0 Å². The van der Waals surface area contributed by atoms with Gasteiger partial charge in [0.2, 0.25) is 5.95 Å². The quantitative estimate of drug-likeness (QED) is 0.507. The topological polar surface area (TPSA) is 64.2 Å². The second-order valence-electron chi connectivity index (χ2n) is 8.79. The summed E-state index contributed by atoms with van der Waals surface area (Å²) in [5.41, 5.74) is 1.08. The lowest BCUT2D eigenvalue weighted by Gasteiger charge is -2.34. The van der Waals surface area contributed by atoms with Crippen LogP contribution in [0.15, 0.2) is 42.7 Å². The summed E-state index contributed by atoms with van der Waals surface area (Å²) < 4.78 is 10.5. The van der Waals surface area contributed by atoms with E-state index in [0.29, 0.717) is 12.7 Å². The maximum absolute atomic E-state index is 5.99. The van der Waals surface area contributed by atoms with E-state index in [4.69, 9.17) is 22.1 Å². The highest BCUT2D eigenvalue weighted by molar-refractivity contribution is 7.71. The van der Waals surface area contributed by atoms with Gasteiger partial charge in [-0.2, -0.15) is 5.10 Å². The van der Waals surface area contributed by atoms with Gasteiger partial charge in [0.1, 0.15) is 5.75 Å². The van der Waals surface area contributed by atoms with E-state index in [9.17, 15) is 0 Å². The molecular weight excluding hydrogens is 434 g/mol. The first-order valence-electron chi connectivity index (χ1n) is 11.8. The first-order valence-corrected chi connectivity index (χ1v) is 12.2. The van der Waals surface area contributed by atoms with Gasteiger partial charge < -0.3 is 9.64 Å². The standard InChI is InChI=1S/C24H31N7OS/c1-32-21-10-8-19(9-11-21)22-27-30(24(33)31(22)20-6-3-2-4-7-20)18-28-14-16-29(17-15-28)23-25-12-5-13-26-23/h5,8-13,20H,2-4,6-7,14-18H2,1H3. The lowest BCUT2D eigenvalue weighted by atomic mass is 9.95. The third-order valence-electron chi connectivity index (χ3n) is 6.70. The van der Waals surface area contributed by atoms with Crippen molar-refractivity contribution < 1.29 is 4.74 Å². The fourth-order valence-corrected chi connectivity index (χ4v) is 5.18. The SMILES string of the molecule is COc1ccc(-c2nn(CN3CCN(c4ncccn4)CC3)c(=S)n2C2CCCCC2)cc1. The molecule has 0 atom stereocenters. The van der Waals surface area contributed by atoms with Crippen molar-refractivity contribution in [3.63, 3.8) is 0 Å². The van der Waals surface area contributed by atoms with Crippen LogP contribution < -0.4 is 9.64 Å². The highest BCUT2D eigenvalue weighted by Crippen LogP contribution is 2.33. The van der Waals surface area contributed by atoms with Gasteiger partial charge in [0.15, 0.2) is 10.6 Å². The number of anilines is 1. The summed E-state index contributed by atoms with van der Waals surface area (Å²) in [7, 11) is 1.69. The molecule has 8 nitrogen and oxygen atoms in total. The molecule has 3 heterocycles. The Morgan fingerprint density at radius 3 is 2.33 bits per heavy atom. The third-order valence-corrected chi connectivity index (χ3v) is 7.11. The molecule has 3 aromatic rings. The van der Waals surface area contributed by atoms with Crippen LogP contribution in [0.5, 0.6) is 5.75 Å². The summed E-state index contributed by atoms with van der Waals surface area (Å²) in [5, 5.41) is 5.04. The molecule has 0 unspecified atom stereocenters. The van der Waals surface area contributed by atoms with Crippen molar-refractivity contribution in [3.8, 4) is 17.1 Å². The van der Waals surface area contributed by atoms with Crippen LogP contribution >= 0.6 is 12.2 Å². The maximum Gasteiger partial charge on any atom is 0.225 e. The lowest BCUT2D eigenvalue weighted by molar-refractivity contribution is 0.192. The minimum atomic E-state index is 0.421. The number of piperazine rings is 1. The number of hydrogen-bond acceptors (Lipinski definition) is 7. The Morgan fingerprint density at radius 2 is 1.67 bits per heavy atom. The molecule has 9 heteroatoms. The van der Waals surface area contributed by atoms with Gasteiger partial charge in [0.05, 0.1) is 13.8 Å². The molecule has 0 amide bonds. The summed E-state index contributed by atoms with van der Waals surface area (Å²) in [6.45, 7) is 4.34. The average Bonchev–Trinajstić information content (AvgIpc) is 3.21. The molecule has 33 heavy (non-hydrogen) atoms. The summed E-state index contributed by atoms with van der Waals surface area (Å²) in [5.74, 6) is 2.62. The molecule has 2 fully saturated rings. The van der Waals surface area contributed by atoms with E-state index in [-0.39, 0.29) is 0 Å². The Balaban J connectivity index is 1.37. The number of rotatable bonds is 6. The Kier molecular flexibility index (Phi) is 6.68. The highest BCUT2D eigenvalue weighted by Gasteiger charge is 2.24. The third kappa shape index (κ3) is 4.79. The van der Waals surface area contributed by atoms with Gasteiger partial charge in [-0.1, -0.05) is 19.3 Å².